The van der Waals surface area contributed by atoms with Crippen LogP contribution in [0.2, 0.25) is 5.02 Å². The second-order valence-corrected chi connectivity index (χ2v) is 5.28. The zero-order valence-corrected chi connectivity index (χ0v) is 12.4. The minimum Gasteiger partial charge on any atom is -0.465 e. The lowest BCUT2D eigenvalue weighted by Crippen LogP contribution is -2.30. The Morgan fingerprint density at radius 3 is 2.81 bits per heavy atom. The number of carbonyl (C=O) groups excluding carboxylic acids is 1. The zero-order valence-electron chi connectivity index (χ0n) is 10.9. The highest BCUT2D eigenvalue weighted by molar-refractivity contribution is 7.80. The summed E-state index contributed by atoms with van der Waals surface area (Å²) >= 11 is 11.3. The van der Waals surface area contributed by atoms with Crippen molar-refractivity contribution in [2.24, 2.45) is 0 Å². The number of benzene rings is 1. The Labute approximate surface area is 132 Å². The normalized spacial score (nSPS) is 16.6. The highest BCUT2D eigenvalue weighted by Crippen LogP contribution is 2.21. The predicted molar refractivity (Wildman–Crippen MR) is 84.4 cm³/mol. The molecule has 1 saturated heterocycles. The van der Waals surface area contributed by atoms with Crippen LogP contribution >= 0.6 is 23.8 Å². The maximum atomic E-state index is 12.4. The summed E-state index contributed by atoms with van der Waals surface area (Å²) in [7, 11) is 0. The van der Waals surface area contributed by atoms with E-state index in [4.69, 9.17) is 28.2 Å². The van der Waals surface area contributed by atoms with Crippen molar-refractivity contribution in [3.05, 3.63) is 64.7 Å². The van der Waals surface area contributed by atoms with Crippen LogP contribution in [0.4, 0.5) is 0 Å². The molecule has 0 spiro atoms. The lowest BCUT2D eigenvalue weighted by molar-refractivity contribution is -0.122. The number of hydrogen-bond acceptors (Lipinski definition) is 3. The van der Waals surface area contributed by atoms with Crippen LogP contribution in [0.3, 0.4) is 0 Å². The van der Waals surface area contributed by atoms with Crippen molar-refractivity contribution in [2.45, 2.75) is 6.54 Å². The summed E-state index contributed by atoms with van der Waals surface area (Å²) in [5.41, 5.74) is 1.23. The summed E-state index contributed by atoms with van der Waals surface area (Å²) < 4.78 is 5.20. The molecule has 1 amide bonds. The zero-order chi connectivity index (χ0) is 14.8. The van der Waals surface area contributed by atoms with Gasteiger partial charge in [0.25, 0.3) is 5.91 Å². The summed E-state index contributed by atoms with van der Waals surface area (Å²) in [6, 6.07) is 10.9. The van der Waals surface area contributed by atoms with Gasteiger partial charge in [-0.25, -0.2) is 0 Å². The van der Waals surface area contributed by atoms with E-state index in [1.807, 2.05) is 18.2 Å². The molecular weight excluding hydrogens is 308 g/mol. The third-order valence-electron chi connectivity index (χ3n) is 3.08. The number of amides is 1. The number of nitrogens with zero attached hydrogens (tertiary/aromatic N) is 1. The number of carbonyl (C=O) groups is 1. The number of halogens is 1. The third kappa shape index (κ3) is 2.84. The van der Waals surface area contributed by atoms with E-state index in [9.17, 15) is 4.79 Å². The highest BCUT2D eigenvalue weighted by Gasteiger charge is 2.31. The van der Waals surface area contributed by atoms with E-state index >= 15 is 0 Å². The van der Waals surface area contributed by atoms with E-state index in [1.54, 1.807) is 30.5 Å². The summed E-state index contributed by atoms with van der Waals surface area (Å²) in [4.78, 5) is 13.9. The average molecular weight is 319 g/mol. The van der Waals surface area contributed by atoms with Crippen LogP contribution in [0.15, 0.2) is 52.8 Å². The molecule has 1 aromatic heterocycles. The van der Waals surface area contributed by atoms with Crippen LogP contribution < -0.4 is 5.32 Å². The molecule has 2 aromatic rings. The SMILES string of the molecule is O=C1/C(=C\c2ccco2)NC(=S)N1Cc1ccccc1Cl. The Hall–Kier alpha value is -2.11. The maximum absolute atomic E-state index is 12.4. The number of nitrogens with one attached hydrogen (secondary N) is 1. The second-order valence-electron chi connectivity index (χ2n) is 4.49. The molecule has 1 N–H and O–H groups in total. The quantitative estimate of drug-likeness (QED) is 0.697. The van der Waals surface area contributed by atoms with Gasteiger partial charge >= 0.3 is 0 Å². The molecule has 1 aromatic carbocycles. The van der Waals surface area contributed by atoms with Crippen molar-refractivity contribution >= 4 is 40.9 Å². The summed E-state index contributed by atoms with van der Waals surface area (Å²) in [5, 5.41) is 3.86. The van der Waals surface area contributed by atoms with E-state index < -0.39 is 0 Å². The summed E-state index contributed by atoms with van der Waals surface area (Å²) in [6.45, 7) is 0.333. The lowest BCUT2D eigenvalue weighted by Gasteiger charge is -2.14. The monoisotopic (exact) mass is 318 g/mol. The maximum Gasteiger partial charge on any atom is 0.276 e. The Morgan fingerprint density at radius 2 is 2.10 bits per heavy atom. The van der Waals surface area contributed by atoms with Crippen LogP contribution in [-0.2, 0) is 11.3 Å². The van der Waals surface area contributed by atoms with Gasteiger partial charge in [0.05, 0.1) is 12.8 Å². The van der Waals surface area contributed by atoms with Gasteiger partial charge in [0, 0.05) is 11.1 Å². The van der Waals surface area contributed by atoms with E-state index in [-0.39, 0.29) is 5.91 Å². The lowest BCUT2D eigenvalue weighted by atomic mass is 10.2. The third-order valence-corrected chi connectivity index (χ3v) is 3.77. The Morgan fingerprint density at radius 1 is 1.29 bits per heavy atom. The molecule has 0 bridgehead atoms. The molecule has 21 heavy (non-hydrogen) atoms. The van der Waals surface area contributed by atoms with Crippen molar-refractivity contribution in [1.82, 2.24) is 10.2 Å². The van der Waals surface area contributed by atoms with Crippen molar-refractivity contribution < 1.29 is 9.21 Å². The number of hydrogen-bond donors (Lipinski definition) is 1. The number of rotatable bonds is 3. The Kier molecular flexibility index (Phi) is 3.77. The molecule has 1 fully saturated rings. The molecule has 1 aliphatic rings. The second kappa shape index (κ2) is 5.71. The molecule has 0 saturated carbocycles. The van der Waals surface area contributed by atoms with E-state index in [0.717, 1.165) is 5.56 Å². The van der Waals surface area contributed by atoms with E-state index in [2.05, 4.69) is 5.32 Å². The molecule has 0 aliphatic carbocycles. The first-order valence-electron chi connectivity index (χ1n) is 6.26. The number of furan rings is 1. The molecule has 4 nitrogen and oxygen atoms in total. The fourth-order valence-corrected chi connectivity index (χ4v) is 2.48. The molecule has 1 aliphatic heterocycles. The van der Waals surface area contributed by atoms with Crippen molar-refractivity contribution in [3.63, 3.8) is 0 Å². The molecule has 3 rings (SSSR count). The van der Waals surface area contributed by atoms with Crippen molar-refractivity contribution in [3.8, 4) is 0 Å². The fraction of sp³-hybridized carbons (Fsp3) is 0.0667. The van der Waals surface area contributed by atoms with Gasteiger partial charge in [-0.15, -0.1) is 0 Å². The van der Waals surface area contributed by atoms with Gasteiger partial charge < -0.3 is 9.73 Å². The minimum absolute atomic E-state index is 0.198. The first kappa shape index (κ1) is 13.9. The van der Waals surface area contributed by atoms with Crippen molar-refractivity contribution in [2.75, 3.05) is 0 Å². The van der Waals surface area contributed by atoms with Crippen LogP contribution in [0.25, 0.3) is 6.08 Å². The van der Waals surface area contributed by atoms with Crippen LogP contribution in [0.1, 0.15) is 11.3 Å². The average Bonchev–Trinajstić information content (AvgIpc) is 3.05. The minimum atomic E-state index is -0.198. The standard InChI is InChI=1S/C15H11ClN2O2S/c16-12-6-2-1-4-10(12)9-18-14(19)13(17-15(18)21)8-11-5-3-7-20-11/h1-8H,9H2,(H,17,21)/b13-8+. The highest BCUT2D eigenvalue weighted by atomic mass is 35.5. The summed E-state index contributed by atoms with van der Waals surface area (Å²) in [5.74, 6) is 0.393. The van der Waals surface area contributed by atoms with Gasteiger partial charge in [0.15, 0.2) is 5.11 Å². The first-order chi connectivity index (χ1) is 10.1. The Balaban J connectivity index is 1.83. The van der Waals surface area contributed by atoms with E-state index in [0.29, 0.717) is 28.1 Å². The van der Waals surface area contributed by atoms with Gasteiger partial charge in [-0.2, -0.15) is 0 Å². The predicted octanol–water partition coefficient (Wildman–Crippen LogP) is 3.19. The van der Waals surface area contributed by atoms with Crippen LogP contribution in [0, 0.1) is 0 Å². The number of thiocarbonyl (C=S) groups is 1. The summed E-state index contributed by atoms with van der Waals surface area (Å²) in [6.07, 6.45) is 3.17. The van der Waals surface area contributed by atoms with Crippen LogP contribution in [-0.4, -0.2) is 15.9 Å². The smallest absolute Gasteiger partial charge is 0.276 e. The van der Waals surface area contributed by atoms with Crippen molar-refractivity contribution in [1.29, 1.82) is 0 Å². The van der Waals surface area contributed by atoms with Gasteiger partial charge in [0.2, 0.25) is 0 Å². The molecule has 6 heteroatoms. The molecule has 0 atom stereocenters. The molecule has 0 radical (unpaired) electrons. The van der Waals surface area contributed by atoms with Crippen LogP contribution in [0.5, 0.6) is 0 Å². The molecule has 106 valence electrons. The van der Waals surface area contributed by atoms with Gasteiger partial charge in [-0.1, -0.05) is 29.8 Å². The largest absolute Gasteiger partial charge is 0.465 e. The molecule has 2 heterocycles. The van der Waals surface area contributed by atoms with E-state index in [1.165, 1.54) is 4.90 Å². The first-order valence-corrected chi connectivity index (χ1v) is 7.05. The molecular formula is C15H11ClN2O2S. The molecule has 0 unspecified atom stereocenters. The van der Waals surface area contributed by atoms with Gasteiger partial charge in [0.1, 0.15) is 11.5 Å². The van der Waals surface area contributed by atoms with Gasteiger partial charge in [-0.3, -0.25) is 9.69 Å². The Bertz CT molecular complexity index is 725. The van der Waals surface area contributed by atoms with Gasteiger partial charge in [-0.05, 0) is 36.0 Å². The fourth-order valence-electron chi connectivity index (χ4n) is 2.03. The topological polar surface area (TPSA) is 45.5 Å².